The summed E-state index contributed by atoms with van der Waals surface area (Å²) in [6.07, 6.45) is 0. The summed E-state index contributed by atoms with van der Waals surface area (Å²) in [7, 11) is 1.82. The van der Waals surface area contributed by atoms with Crippen LogP contribution in [0.25, 0.3) is 16.4 Å². The van der Waals surface area contributed by atoms with E-state index < -0.39 is 0 Å². The van der Waals surface area contributed by atoms with Gasteiger partial charge in [-0.2, -0.15) is 0 Å². The topological polar surface area (TPSA) is 42.1 Å². The SMILES string of the molecule is CN1N=C(c2ccccc2)[N-]C(c2ccc(-c3ccccc3)cc2)=N1. The maximum absolute atomic E-state index is 4.63. The summed E-state index contributed by atoms with van der Waals surface area (Å²) >= 11 is 0. The fourth-order valence-corrected chi connectivity index (χ4v) is 2.72. The van der Waals surface area contributed by atoms with Gasteiger partial charge in [-0.05, 0) is 22.3 Å². The van der Waals surface area contributed by atoms with E-state index in [2.05, 4.69) is 39.8 Å². The van der Waals surface area contributed by atoms with Crippen LogP contribution in [0.4, 0.5) is 0 Å². The van der Waals surface area contributed by atoms with Crippen molar-refractivity contribution in [3.63, 3.8) is 0 Å². The molecule has 0 atom stereocenters. The highest BCUT2D eigenvalue weighted by molar-refractivity contribution is 6.29. The molecular formula is C21H17N4-. The van der Waals surface area contributed by atoms with Gasteiger partial charge in [0, 0.05) is 18.7 Å². The van der Waals surface area contributed by atoms with Crippen LogP contribution in [-0.4, -0.2) is 23.8 Å². The van der Waals surface area contributed by atoms with Gasteiger partial charge < -0.3 is 10.4 Å². The third-order valence-corrected chi connectivity index (χ3v) is 3.97. The second-order valence-corrected chi connectivity index (χ2v) is 5.76. The van der Waals surface area contributed by atoms with Crippen LogP contribution in [0.15, 0.2) is 95.1 Å². The molecule has 0 spiro atoms. The molecule has 0 saturated carbocycles. The Morgan fingerprint density at radius 3 is 1.52 bits per heavy atom. The standard InChI is InChI=1S/C21H17N4/c1-25-23-20(18-10-6-3-7-11-18)22-21(24-25)19-14-12-17(13-15-19)16-8-4-2-5-9-16/h2-15H,1H3/q-1. The predicted octanol–water partition coefficient (Wildman–Crippen LogP) is 4.70. The van der Waals surface area contributed by atoms with Crippen molar-refractivity contribution in [1.82, 2.24) is 5.12 Å². The van der Waals surface area contributed by atoms with Crippen molar-refractivity contribution in [2.45, 2.75) is 0 Å². The van der Waals surface area contributed by atoms with E-state index >= 15 is 0 Å². The lowest BCUT2D eigenvalue weighted by Gasteiger charge is -2.31. The van der Waals surface area contributed by atoms with Gasteiger partial charge in [0.1, 0.15) is 0 Å². The molecule has 1 aliphatic rings. The van der Waals surface area contributed by atoms with Gasteiger partial charge in [-0.15, -0.1) is 0 Å². The summed E-state index contributed by atoms with van der Waals surface area (Å²) in [5, 5.41) is 15.0. The fraction of sp³-hybridized carbons (Fsp3) is 0.0476. The van der Waals surface area contributed by atoms with Crippen molar-refractivity contribution in [3.05, 3.63) is 101 Å². The molecule has 0 aliphatic carbocycles. The van der Waals surface area contributed by atoms with Gasteiger partial charge in [0.2, 0.25) is 0 Å². The van der Waals surface area contributed by atoms with E-state index in [-0.39, 0.29) is 0 Å². The average molecular weight is 325 g/mol. The third-order valence-electron chi connectivity index (χ3n) is 3.97. The summed E-state index contributed by atoms with van der Waals surface area (Å²) in [4.78, 5) is 0. The number of rotatable bonds is 3. The molecule has 3 aromatic carbocycles. The Morgan fingerprint density at radius 1 is 0.560 bits per heavy atom. The maximum atomic E-state index is 4.63. The largest absolute Gasteiger partial charge is 0.355 e. The highest BCUT2D eigenvalue weighted by Gasteiger charge is 2.08. The molecule has 25 heavy (non-hydrogen) atoms. The zero-order valence-corrected chi connectivity index (χ0v) is 13.9. The molecule has 1 aliphatic heterocycles. The van der Waals surface area contributed by atoms with Crippen molar-refractivity contribution in [2.75, 3.05) is 7.05 Å². The minimum Gasteiger partial charge on any atom is -0.355 e. The molecule has 4 heteroatoms. The summed E-state index contributed by atoms with van der Waals surface area (Å²) in [6.45, 7) is 0. The Morgan fingerprint density at radius 2 is 0.960 bits per heavy atom. The molecule has 0 radical (unpaired) electrons. The number of nitrogens with zero attached hydrogens (tertiary/aromatic N) is 4. The van der Waals surface area contributed by atoms with Gasteiger partial charge in [-0.25, -0.2) is 0 Å². The number of benzene rings is 3. The molecule has 0 saturated heterocycles. The second-order valence-electron chi connectivity index (χ2n) is 5.76. The number of amidine groups is 2. The lowest BCUT2D eigenvalue weighted by atomic mass is 10.0. The molecule has 4 nitrogen and oxygen atoms in total. The van der Waals surface area contributed by atoms with Gasteiger partial charge in [-0.3, -0.25) is 10.2 Å². The van der Waals surface area contributed by atoms with Crippen molar-refractivity contribution >= 4 is 11.7 Å². The number of hydrogen-bond donors (Lipinski definition) is 0. The molecular weight excluding hydrogens is 308 g/mol. The summed E-state index contributed by atoms with van der Waals surface area (Å²) in [5.41, 5.74) is 4.31. The van der Waals surface area contributed by atoms with Gasteiger partial charge in [0.25, 0.3) is 0 Å². The van der Waals surface area contributed by atoms with E-state index in [0.29, 0.717) is 11.7 Å². The van der Waals surface area contributed by atoms with Gasteiger partial charge in [-0.1, -0.05) is 84.9 Å². The zero-order chi connectivity index (χ0) is 17.1. The first-order valence-electron chi connectivity index (χ1n) is 8.13. The monoisotopic (exact) mass is 325 g/mol. The summed E-state index contributed by atoms with van der Waals surface area (Å²) < 4.78 is 0. The van der Waals surface area contributed by atoms with Crippen LogP contribution >= 0.6 is 0 Å². The Hall–Kier alpha value is -3.40. The molecule has 0 N–H and O–H groups in total. The smallest absolute Gasteiger partial charge is 0.0342 e. The molecule has 122 valence electrons. The first-order valence-corrected chi connectivity index (χ1v) is 8.13. The summed E-state index contributed by atoms with van der Waals surface area (Å²) in [5.74, 6) is 1.33. The van der Waals surface area contributed by atoms with E-state index in [1.54, 1.807) is 5.12 Å². The summed E-state index contributed by atoms with van der Waals surface area (Å²) in [6, 6.07) is 28.5. The van der Waals surface area contributed by atoms with Crippen LogP contribution in [-0.2, 0) is 0 Å². The molecule has 0 unspecified atom stereocenters. The van der Waals surface area contributed by atoms with Crippen LogP contribution in [0.2, 0.25) is 0 Å². The number of hydrogen-bond acceptors (Lipinski definition) is 3. The van der Waals surface area contributed by atoms with Gasteiger partial charge in [0.05, 0.1) is 0 Å². The Kier molecular flexibility index (Phi) is 4.01. The Labute approximate surface area is 147 Å². The molecule has 3 aromatic rings. The maximum Gasteiger partial charge on any atom is 0.0342 e. The minimum absolute atomic E-state index is 0.663. The minimum atomic E-state index is 0.663. The van der Waals surface area contributed by atoms with Crippen LogP contribution < -0.4 is 0 Å². The highest BCUT2D eigenvalue weighted by atomic mass is 15.7. The molecule has 0 amide bonds. The number of hydrazone groups is 2. The van der Waals surface area contributed by atoms with Crippen LogP contribution in [0.1, 0.15) is 11.1 Å². The van der Waals surface area contributed by atoms with Crippen molar-refractivity contribution < 1.29 is 0 Å². The molecule has 0 bridgehead atoms. The van der Waals surface area contributed by atoms with Gasteiger partial charge in [0.15, 0.2) is 0 Å². The molecule has 0 fully saturated rings. The lowest BCUT2D eigenvalue weighted by molar-refractivity contribution is 0.375. The fourth-order valence-electron chi connectivity index (χ4n) is 2.72. The first-order chi connectivity index (χ1) is 12.3. The van der Waals surface area contributed by atoms with E-state index in [1.807, 2.05) is 67.7 Å². The third kappa shape index (κ3) is 3.28. The second kappa shape index (κ2) is 6.61. The van der Waals surface area contributed by atoms with Crippen LogP contribution in [0.3, 0.4) is 0 Å². The molecule has 0 aromatic heterocycles. The Balaban J connectivity index is 1.60. The molecule has 4 rings (SSSR count). The zero-order valence-electron chi connectivity index (χ0n) is 13.9. The van der Waals surface area contributed by atoms with Crippen molar-refractivity contribution in [1.29, 1.82) is 0 Å². The van der Waals surface area contributed by atoms with E-state index in [4.69, 9.17) is 0 Å². The lowest BCUT2D eigenvalue weighted by Crippen LogP contribution is -2.20. The van der Waals surface area contributed by atoms with Crippen molar-refractivity contribution in [2.24, 2.45) is 10.2 Å². The first kappa shape index (κ1) is 15.1. The van der Waals surface area contributed by atoms with Crippen LogP contribution in [0.5, 0.6) is 0 Å². The Bertz CT molecular complexity index is 913. The van der Waals surface area contributed by atoms with Crippen LogP contribution in [0, 0.1) is 0 Å². The molecule has 1 heterocycles. The highest BCUT2D eigenvalue weighted by Crippen LogP contribution is 2.22. The normalized spacial score (nSPS) is 13.7. The van der Waals surface area contributed by atoms with Gasteiger partial charge >= 0.3 is 0 Å². The van der Waals surface area contributed by atoms with E-state index in [9.17, 15) is 0 Å². The van der Waals surface area contributed by atoms with E-state index in [1.165, 1.54) is 11.1 Å². The quantitative estimate of drug-likeness (QED) is 0.688. The average Bonchev–Trinajstić information content (AvgIpc) is 2.69. The van der Waals surface area contributed by atoms with E-state index in [0.717, 1.165) is 11.1 Å². The predicted molar refractivity (Wildman–Crippen MR) is 103 cm³/mol. The van der Waals surface area contributed by atoms with Crippen molar-refractivity contribution in [3.8, 4) is 11.1 Å².